The fourth-order valence-electron chi connectivity index (χ4n) is 3.41. The van der Waals surface area contributed by atoms with Crippen molar-refractivity contribution in [3.8, 4) is 22.9 Å². The molecule has 1 amide bonds. The Morgan fingerprint density at radius 2 is 1.63 bits per heavy atom. The maximum Gasteiger partial charge on any atom is 0.260 e. The summed E-state index contributed by atoms with van der Waals surface area (Å²) in [6, 6.07) is 19.2. The minimum Gasteiger partial charge on any atom is -0.493 e. The van der Waals surface area contributed by atoms with Crippen molar-refractivity contribution < 1.29 is 14.3 Å². The topological polar surface area (TPSA) is 67.8 Å². The van der Waals surface area contributed by atoms with Crippen molar-refractivity contribution in [2.45, 2.75) is 0 Å². The summed E-state index contributed by atoms with van der Waals surface area (Å²) in [6.45, 7) is 2.67. The molecule has 0 bridgehead atoms. The summed E-state index contributed by atoms with van der Waals surface area (Å²) in [6.07, 6.45) is 1.78. The van der Waals surface area contributed by atoms with Gasteiger partial charge in [-0.3, -0.25) is 4.79 Å². The molecule has 0 radical (unpaired) electrons. The minimum absolute atomic E-state index is 0.00790. The first-order valence-electron chi connectivity index (χ1n) is 9.91. The Labute approximate surface area is 175 Å². The average molecular weight is 404 g/mol. The number of aromatic nitrogens is 2. The van der Waals surface area contributed by atoms with Crippen molar-refractivity contribution in [1.29, 1.82) is 0 Å². The van der Waals surface area contributed by atoms with Crippen LogP contribution in [0.3, 0.4) is 0 Å². The first-order valence-corrected chi connectivity index (χ1v) is 9.91. The third-order valence-electron chi connectivity index (χ3n) is 5.05. The number of carbonyl (C=O) groups is 1. The van der Waals surface area contributed by atoms with Crippen LogP contribution in [0.5, 0.6) is 11.5 Å². The number of benzene rings is 2. The van der Waals surface area contributed by atoms with Crippen LogP contribution in [0, 0.1) is 0 Å². The zero-order valence-corrected chi connectivity index (χ0v) is 16.9. The molecular weight excluding hydrogens is 380 g/mol. The van der Waals surface area contributed by atoms with E-state index in [2.05, 4.69) is 9.88 Å². The number of amides is 1. The number of anilines is 1. The highest BCUT2D eigenvalue weighted by atomic mass is 16.5. The normalized spacial score (nSPS) is 13.8. The van der Waals surface area contributed by atoms with Crippen LogP contribution in [0.2, 0.25) is 0 Å². The van der Waals surface area contributed by atoms with E-state index in [1.54, 1.807) is 19.4 Å². The molecule has 0 saturated carbocycles. The number of methoxy groups -OCH3 is 1. The van der Waals surface area contributed by atoms with Crippen LogP contribution in [0.1, 0.15) is 0 Å². The van der Waals surface area contributed by atoms with Gasteiger partial charge in [-0.2, -0.15) is 0 Å². The lowest BCUT2D eigenvalue weighted by Gasteiger charge is -2.35. The van der Waals surface area contributed by atoms with Crippen molar-refractivity contribution in [1.82, 2.24) is 14.9 Å². The molecule has 0 aliphatic carbocycles. The van der Waals surface area contributed by atoms with Crippen molar-refractivity contribution >= 4 is 11.7 Å². The summed E-state index contributed by atoms with van der Waals surface area (Å²) in [5.74, 6) is 2.74. The maximum atomic E-state index is 12.6. The van der Waals surface area contributed by atoms with Gasteiger partial charge in [0.15, 0.2) is 23.9 Å². The Bertz CT molecular complexity index is 989. The van der Waals surface area contributed by atoms with E-state index in [0.29, 0.717) is 43.5 Å². The first kappa shape index (κ1) is 19.7. The first-order chi connectivity index (χ1) is 14.7. The highest BCUT2D eigenvalue weighted by Crippen LogP contribution is 2.26. The molecule has 4 rings (SSSR count). The molecule has 2 aromatic carbocycles. The lowest BCUT2D eigenvalue weighted by atomic mass is 10.2. The van der Waals surface area contributed by atoms with Crippen LogP contribution in [-0.4, -0.2) is 60.7 Å². The van der Waals surface area contributed by atoms with Gasteiger partial charge in [-0.05, 0) is 18.2 Å². The largest absolute Gasteiger partial charge is 0.493 e. The number of piperazine rings is 1. The van der Waals surface area contributed by atoms with Crippen LogP contribution in [-0.2, 0) is 4.79 Å². The minimum atomic E-state index is -0.0341. The molecule has 1 saturated heterocycles. The Balaban J connectivity index is 1.33. The molecule has 0 unspecified atom stereocenters. The van der Waals surface area contributed by atoms with Gasteiger partial charge in [0, 0.05) is 37.9 Å². The number of rotatable bonds is 6. The highest BCUT2D eigenvalue weighted by molar-refractivity contribution is 5.78. The zero-order chi connectivity index (χ0) is 20.8. The molecule has 7 nitrogen and oxygen atoms in total. The molecule has 0 N–H and O–H groups in total. The second kappa shape index (κ2) is 9.26. The second-order valence-corrected chi connectivity index (χ2v) is 6.91. The lowest BCUT2D eigenvalue weighted by Crippen LogP contribution is -2.50. The summed E-state index contributed by atoms with van der Waals surface area (Å²) in [4.78, 5) is 25.7. The van der Waals surface area contributed by atoms with Gasteiger partial charge in [-0.1, -0.05) is 42.5 Å². The van der Waals surface area contributed by atoms with E-state index < -0.39 is 0 Å². The van der Waals surface area contributed by atoms with Gasteiger partial charge >= 0.3 is 0 Å². The second-order valence-electron chi connectivity index (χ2n) is 6.91. The molecule has 3 aromatic rings. The van der Waals surface area contributed by atoms with Gasteiger partial charge in [0.2, 0.25) is 0 Å². The standard InChI is InChI=1S/C23H24N4O3/c1-29-19-9-5-6-10-20(19)30-17-22(28)27-15-13-26(14-16-27)21-11-12-24-23(25-21)18-7-3-2-4-8-18/h2-12H,13-17H2,1H3. The van der Waals surface area contributed by atoms with Gasteiger partial charge in [0.1, 0.15) is 5.82 Å². The molecule has 154 valence electrons. The Morgan fingerprint density at radius 3 is 2.37 bits per heavy atom. The smallest absolute Gasteiger partial charge is 0.260 e. The molecule has 1 aliphatic rings. The van der Waals surface area contributed by atoms with Crippen LogP contribution in [0.15, 0.2) is 66.9 Å². The van der Waals surface area contributed by atoms with E-state index in [1.807, 2.05) is 59.5 Å². The highest BCUT2D eigenvalue weighted by Gasteiger charge is 2.23. The van der Waals surface area contributed by atoms with Gasteiger partial charge < -0.3 is 19.3 Å². The summed E-state index contributed by atoms with van der Waals surface area (Å²) in [5.41, 5.74) is 0.988. The Kier molecular flexibility index (Phi) is 6.08. The Morgan fingerprint density at radius 1 is 0.933 bits per heavy atom. The van der Waals surface area contributed by atoms with Crippen molar-refractivity contribution in [2.75, 3.05) is 44.8 Å². The predicted molar refractivity (Wildman–Crippen MR) is 115 cm³/mol. The number of nitrogens with zero attached hydrogens (tertiary/aromatic N) is 4. The fraction of sp³-hybridized carbons (Fsp3) is 0.261. The number of ether oxygens (including phenoxy) is 2. The monoisotopic (exact) mass is 404 g/mol. The van der Waals surface area contributed by atoms with Gasteiger partial charge in [-0.15, -0.1) is 0 Å². The summed E-state index contributed by atoms with van der Waals surface area (Å²) < 4.78 is 10.9. The van der Waals surface area contributed by atoms with E-state index in [4.69, 9.17) is 14.5 Å². The molecule has 1 fully saturated rings. The average Bonchev–Trinajstić information content (AvgIpc) is 2.83. The van der Waals surface area contributed by atoms with Crippen LogP contribution in [0.4, 0.5) is 5.82 Å². The number of hydrogen-bond donors (Lipinski definition) is 0. The zero-order valence-electron chi connectivity index (χ0n) is 16.9. The van der Waals surface area contributed by atoms with Crippen molar-refractivity contribution in [2.24, 2.45) is 0 Å². The third kappa shape index (κ3) is 4.51. The van der Waals surface area contributed by atoms with E-state index in [1.165, 1.54) is 0 Å². The maximum absolute atomic E-state index is 12.6. The molecular formula is C23H24N4O3. The number of para-hydroxylation sites is 2. The summed E-state index contributed by atoms with van der Waals surface area (Å²) in [7, 11) is 1.58. The molecule has 1 aliphatic heterocycles. The third-order valence-corrected chi connectivity index (χ3v) is 5.05. The molecule has 30 heavy (non-hydrogen) atoms. The SMILES string of the molecule is COc1ccccc1OCC(=O)N1CCN(c2ccnc(-c3ccccc3)n2)CC1. The van der Waals surface area contributed by atoms with Crippen LogP contribution < -0.4 is 14.4 Å². The fourth-order valence-corrected chi connectivity index (χ4v) is 3.41. The van der Waals surface area contributed by atoms with Crippen LogP contribution >= 0.6 is 0 Å². The predicted octanol–water partition coefficient (Wildman–Crippen LogP) is 2.88. The lowest BCUT2D eigenvalue weighted by molar-refractivity contribution is -0.133. The van der Waals surface area contributed by atoms with E-state index >= 15 is 0 Å². The Hall–Kier alpha value is -3.61. The number of carbonyl (C=O) groups excluding carboxylic acids is 1. The molecule has 2 heterocycles. The van der Waals surface area contributed by atoms with E-state index in [-0.39, 0.29) is 12.5 Å². The van der Waals surface area contributed by atoms with Crippen LogP contribution in [0.25, 0.3) is 11.4 Å². The van der Waals surface area contributed by atoms with Crippen molar-refractivity contribution in [3.05, 3.63) is 66.9 Å². The number of hydrogen-bond acceptors (Lipinski definition) is 6. The van der Waals surface area contributed by atoms with E-state index in [9.17, 15) is 4.79 Å². The van der Waals surface area contributed by atoms with E-state index in [0.717, 1.165) is 11.4 Å². The summed E-state index contributed by atoms with van der Waals surface area (Å²) >= 11 is 0. The quantitative estimate of drug-likeness (QED) is 0.629. The van der Waals surface area contributed by atoms with Gasteiger partial charge in [0.25, 0.3) is 5.91 Å². The van der Waals surface area contributed by atoms with Gasteiger partial charge in [-0.25, -0.2) is 9.97 Å². The van der Waals surface area contributed by atoms with Gasteiger partial charge in [0.05, 0.1) is 7.11 Å². The summed E-state index contributed by atoms with van der Waals surface area (Å²) in [5, 5.41) is 0. The molecule has 1 aromatic heterocycles. The molecule has 7 heteroatoms. The van der Waals surface area contributed by atoms with Crippen molar-refractivity contribution in [3.63, 3.8) is 0 Å². The molecule has 0 atom stereocenters. The molecule has 0 spiro atoms.